The van der Waals surface area contributed by atoms with Crippen LogP contribution in [0.4, 0.5) is 0 Å². The first-order valence-electron chi connectivity index (χ1n) is 5.44. The number of hydrogen-bond acceptors (Lipinski definition) is 0. The van der Waals surface area contributed by atoms with Crippen molar-refractivity contribution in [2.75, 3.05) is 0 Å². The average molecular weight is 167 g/mol. The Morgan fingerprint density at radius 1 is 1.00 bits per heavy atom. The second-order valence-electron chi connectivity index (χ2n) is 4.87. The summed E-state index contributed by atoms with van der Waals surface area (Å²) in [5, 5.41) is 0. The molecule has 1 aliphatic rings. The van der Waals surface area contributed by atoms with Crippen LogP contribution in [0, 0.1) is 23.7 Å². The van der Waals surface area contributed by atoms with Crippen LogP contribution in [0.2, 0.25) is 0 Å². The topological polar surface area (TPSA) is 0 Å². The third-order valence-electron chi connectivity index (χ3n) is 3.74. The molecule has 0 aromatic carbocycles. The van der Waals surface area contributed by atoms with Crippen LogP contribution in [-0.2, 0) is 0 Å². The van der Waals surface area contributed by atoms with E-state index in [1.165, 1.54) is 25.7 Å². The number of rotatable bonds is 2. The molecule has 1 aliphatic carbocycles. The maximum absolute atomic E-state index is 2.60. The molecule has 0 unspecified atom stereocenters. The van der Waals surface area contributed by atoms with Gasteiger partial charge in [0.2, 0.25) is 0 Å². The summed E-state index contributed by atoms with van der Waals surface area (Å²) >= 11 is 0. The molecule has 0 aromatic heterocycles. The Bertz CT molecular complexity index is 117. The van der Waals surface area contributed by atoms with Gasteiger partial charge in [0.05, 0.1) is 0 Å². The van der Waals surface area contributed by atoms with Crippen LogP contribution in [0.3, 0.4) is 0 Å². The van der Waals surface area contributed by atoms with Gasteiger partial charge < -0.3 is 0 Å². The SMILES string of the molecule is CC(C)C1(C(C)C)[CH]CCCC1. The van der Waals surface area contributed by atoms with Gasteiger partial charge in [0.25, 0.3) is 0 Å². The minimum absolute atomic E-state index is 0.554. The molecule has 12 heavy (non-hydrogen) atoms. The van der Waals surface area contributed by atoms with Gasteiger partial charge in [-0.15, -0.1) is 0 Å². The predicted octanol–water partition coefficient (Wildman–Crippen LogP) is 4.06. The zero-order valence-corrected chi connectivity index (χ0v) is 9.06. The molecule has 0 heterocycles. The van der Waals surface area contributed by atoms with Crippen molar-refractivity contribution >= 4 is 0 Å². The van der Waals surface area contributed by atoms with Gasteiger partial charge in [-0.25, -0.2) is 0 Å². The number of hydrogen-bond donors (Lipinski definition) is 0. The van der Waals surface area contributed by atoms with Crippen LogP contribution < -0.4 is 0 Å². The summed E-state index contributed by atoms with van der Waals surface area (Å²) in [5.74, 6) is 1.63. The highest BCUT2D eigenvalue weighted by Crippen LogP contribution is 2.47. The van der Waals surface area contributed by atoms with E-state index in [-0.39, 0.29) is 0 Å². The molecule has 0 nitrogen and oxygen atoms in total. The lowest BCUT2D eigenvalue weighted by atomic mass is 9.61. The molecule has 1 saturated carbocycles. The fourth-order valence-corrected chi connectivity index (χ4v) is 2.76. The van der Waals surface area contributed by atoms with Crippen molar-refractivity contribution in [2.24, 2.45) is 17.3 Å². The summed E-state index contributed by atoms with van der Waals surface area (Å²) in [5.41, 5.74) is 0.554. The molecule has 0 atom stereocenters. The van der Waals surface area contributed by atoms with Gasteiger partial charge in [0.15, 0.2) is 0 Å². The van der Waals surface area contributed by atoms with E-state index in [0.29, 0.717) is 5.41 Å². The Balaban J connectivity index is 2.70. The van der Waals surface area contributed by atoms with Gasteiger partial charge in [-0.2, -0.15) is 0 Å². The van der Waals surface area contributed by atoms with Crippen LogP contribution in [0.1, 0.15) is 53.4 Å². The maximum atomic E-state index is 2.60. The van der Waals surface area contributed by atoms with E-state index >= 15 is 0 Å². The molecule has 0 heteroatoms. The fraction of sp³-hybridized carbons (Fsp3) is 0.917. The second kappa shape index (κ2) is 3.81. The minimum Gasteiger partial charge on any atom is -0.0622 e. The lowest BCUT2D eigenvalue weighted by Crippen LogP contribution is -2.35. The smallest absolute Gasteiger partial charge is 0.0220 e. The van der Waals surface area contributed by atoms with Crippen molar-refractivity contribution in [1.29, 1.82) is 0 Å². The highest BCUT2D eigenvalue weighted by Gasteiger charge is 2.37. The molecular weight excluding hydrogens is 144 g/mol. The molecule has 1 fully saturated rings. The van der Waals surface area contributed by atoms with E-state index < -0.39 is 0 Å². The Morgan fingerprint density at radius 3 is 1.83 bits per heavy atom. The highest BCUT2D eigenvalue weighted by molar-refractivity contribution is 4.99. The van der Waals surface area contributed by atoms with E-state index in [1.807, 2.05) is 0 Å². The van der Waals surface area contributed by atoms with E-state index in [1.54, 1.807) is 0 Å². The summed E-state index contributed by atoms with van der Waals surface area (Å²) in [6.07, 6.45) is 8.22. The van der Waals surface area contributed by atoms with Crippen molar-refractivity contribution in [1.82, 2.24) is 0 Å². The van der Waals surface area contributed by atoms with Crippen LogP contribution >= 0.6 is 0 Å². The maximum Gasteiger partial charge on any atom is -0.0220 e. The zero-order chi connectivity index (χ0) is 9.19. The molecule has 1 rings (SSSR count). The lowest BCUT2D eigenvalue weighted by molar-refractivity contribution is 0.114. The molecule has 71 valence electrons. The van der Waals surface area contributed by atoms with Crippen molar-refractivity contribution in [2.45, 2.75) is 53.4 Å². The van der Waals surface area contributed by atoms with Crippen molar-refractivity contribution < 1.29 is 0 Å². The summed E-state index contributed by atoms with van der Waals surface area (Å²) in [4.78, 5) is 0. The van der Waals surface area contributed by atoms with E-state index in [9.17, 15) is 0 Å². The largest absolute Gasteiger partial charge is 0.0622 e. The molecular formula is C12H23. The van der Waals surface area contributed by atoms with Gasteiger partial charge in [-0.3, -0.25) is 0 Å². The van der Waals surface area contributed by atoms with Crippen molar-refractivity contribution in [3.8, 4) is 0 Å². The standard InChI is InChI=1S/C12H23/c1-10(2)12(11(3)4)8-6-5-7-9-12/h8,10-11H,5-7,9H2,1-4H3. The first kappa shape index (κ1) is 10.1. The van der Waals surface area contributed by atoms with Crippen LogP contribution in [0.5, 0.6) is 0 Å². The first-order valence-corrected chi connectivity index (χ1v) is 5.44. The second-order valence-corrected chi connectivity index (χ2v) is 4.87. The zero-order valence-electron chi connectivity index (χ0n) is 9.06. The summed E-state index contributed by atoms with van der Waals surface area (Å²) in [6.45, 7) is 9.51. The molecule has 0 bridgehead atoms. The minimum atomic E-state index is 0.554. The Morgan fingerprint density at radius 2 is 1.58 bits per heavy atom. The molecule has 0 aliphatic heterocycles. The van der Waals surface area contributed by atoms with Gasteiger partial charge >= 0.3 is 0 Å². The molecule has 0 spiro atoms. The highest BCUT2D eigenvalue weighted by atomic mass is 14.4. The third-order valence-corrected chi connectivity index (χ3v) is 3.74. The van der Waals surface area contributed by atoms with Crippen LogP contribution in [-0.4, -0.2) is 0 Å². The lowest BCUT2D eigenvalue weighted by Gasteiger charge is -2.44. The average Bonchev–Trinajstić information content (AvgIpc) is 2.05. The molecule has 0 aromatic rings. The Kier molecular flexibility index (Phi) is 3.20. The Labute approximate surface area is 77.7 Å². The molecule has 1 radical (unpaired) electrons. The van der Waals surface area contributed by atoms with E-state index in [2.05, 4.69) is 34.1 Å². The summed E-state index contributed by atoms with van der Waals surface area (Å²) < 4.78 is 0. The van der Waals surface area contributed by atoms with E-state index in [0.717, 1.165) is 11.8 Å². The third kappa shape index (κ3) is 1.67. The molecule has 0 saturated heterocycles. The molecule has 0 amide bonds. The summed E-state index contributed by atoms with van der Waals surface area (Å²) in [6, 6.07) is 0. The van der Waals surface area contributed by atoms with Gasteiger partial charge in [0, 0.05) is 0 Å². The van der Waals surface area contributed by atoms with Crippen LogP contribution in [0.15, 0.2) is 0 Å². The molecule has 0 N–H and O–H groups in total. The summed E-state index contributed by atoms with van der Waals surface area (Å²) in [7, 11) is 0. The van der Waals surface area contributed by atoms with Crippen molar-refractivity contribution in [3.05, 3.63) is 6.42 Å². The first-order chi connectivity index (χ1) is 5.59. The quantitative estimate of drug-likeness (QED) is 0.581. The van der Waals surface area contributed by atoms with E-state index in [4.69, 9.17) is 0 Å². The Hall–Kier alpha value is 0. The fourth-order valence-electron chi connectivity index (χ4n) is 2.76. The van der Waals surface area contributed by atoms with Gasteiger partial charge in [0.1, 0.15) is 0 Å². The predicted molar refractivity (Wildman–Crippen MR) is 54.9 cm³/mol. The monoisotopic (exact) mass is 167 g/mol. The van der Waals surface area contributed by atoms with Crippen LogP contribution in [0.25, 0.3) is 0 Å². The van der Waals surface area contributed by atoms with Gasteiger partial charge in [-0.05, 0) is 36.5 Å². The van der Waals surface area contributed by atoms with Gasteiger partial charge in [-0.1, -0.05) is 40.5 Å². The normalized spacial score (nSPS) is 23.5. The van der Waals surface area contributed by atoms with Crippen molar-refractivity contribution in [3.63, 3.8) is 0 Å².